The molecule has 5 nitrogen and oxygen atoms in total. The molecule has 2 aromatic rings. The van der Waals surface area contributed by atoms with Crippen molar-refractivity contribution in [3.8, 4) is 0 Å². The standard InChI is InChI=1S/C20H26N2O3/c1-5-25-20(24)19-14(3)17(22-15(19)4)10-11-18(23)21-12-16-8-6-13(2)7-9-16/h6-9,22H,5,10-12H2,1-4H3,(H,21,23). The number of ether oxygens (including phenoxy) is 1. The third-order valence-corrected chi connectivity index (χ3v) is 4.23. The highest BCUT2D eigenvalue weighted by Crippen LogP contribution is 2.20. The summed E-state index contributed by atoms with van der Waals surface area (Å²) in [5.74, 6) is -0.325. The summed E-state index contributed by atoms with van der Waals surface area (Å²) in [6.45, 7) is 8.42. The third kappa shape index (κ3) is 4.95. The van der Waals surface area contributed by atoms with Gasteiger partial charge in [0, 0.05) is 24.4 Å². The van der Waals surface area contributed by atoms with Crippen LogP contribution in [0.1, 0.15) is 51.8 Å². The average molecular weight is 342 g/mol. The summed E-state index contributed by atoms with van der Waals surface area (Å²) in [7, 11) is 0. The lowest BCUT2D eigenvalue weighted by molar-refractivity contribution is -0.121. The Bertz CT molecular complexity index is 745. The molecule has 0 fully saturated rings. The van der Waals surface area contributed by atoms with E-state index in [4.69, 9.17) is 4.74 Å². The molecule has 2 N–H and O–H groups in total. The molecule has 134 valence electrons. The Morgan fingerprint density at radius 3 is 2.44 bits per heavy atom. The number of carbonyl (C=O) groups excluding carboxylic acids is 2. The fourth-order valence-corrected chi connectivity index (χ4v) is 2.81. The van der Waals surface area contributed by atoms with Crippen LogP contribution in [-0.2, 0) is 22.5 Å². The van der Waals surface area contributed by atoms with Gasteiger partial charge in [-0.3, -0.25) is 4.79 Å². The van der Waals surface area contributed by atoms with E-state index in [0.717, 1.165) is 22.5 Å². The molecule has 0 aliphatic carbocycles. The Balaban J connectivity index is 1.90. The highest BCUT2D eigenvalue weighted by Gasteiger charge is 2.19. The summed E-state index contributed by atoms with van der Waals surface area (Å²) in [5.41, 5.74) is 5.41. The summed E-state index contributed by atoms with van der Waals surface area (Å²) < 4.78 is 5.09. The lowest BCUT2D eigenvalue weighted by atomic mass is 10.1. The molecule has 0 bridgehead atoms. The van der Waals surface area contributed by atoms with Crippen molar-refractivity contribution in [2.75, 3.05) is 6.61 Å². The van der Waals surface area contributed by atoms with Crippen LogP contribution >= 0.6 is 0 Å². The molecular weight excluding hydrogens is 316 g/mol. The SMILES string of the molecule is CCOC(=O)c1c(C)[nH]c(CCC(=O)NCc2ccc(C)cc2)c1C. The molecule has 0 aliphatic heterocycles. The van der Waals surface area contributed by atoms with Crippen molar-refractivity contribution in [3.05, 3.63) is 57.9 Å². The lowest BCUT2D eigenvalue weighted by Crippen LogP contribution is -2.23. The maximum atomic E-state index is 12.1. The van der Waals surface area contributed by atoms with Crippen molar-refractivity contribution in [3.63, 3.8) is 0 Å². The van der Waals surface area contributed by atoms with E-state index in [-0.39, 0.29) is 11.9 Å². The number of hydrogen-bond acceptors (Lipinski definition) is 3. The Morgan fingerprint density at radius 2 is 1.80 bits per heavy atom. The summed E-state index contributed by atoms with van der Waals surface area (Å²) in [5, 5.41) is 2.93. The zero-order chi connectivity index (χ0) is 18.4. The Hall–Kier alpha value is -2.56. The molecule has 0 saturated heterocycles. The first-order valence-corrected chi connectivity index (χ1v) is 8.59. The van der Waals surface area contributed by atoms with Crippen LogP contribution in [0.4, 0.5) is 0 Å². The minimum absolute atomic E-state index is 0.00934. The fourth-order valence-electron chi connectivity index (χ4n) is 2.81. The summed E-state index contributed by atoms with van der Waals surface area (Å²) in [6, 6.07) is 8.09. The van der Waals surface area contributed by atoms with Gasteiger partial charge in [-0.2, -0.15) is 0 Å². The van der Waals surface area contributed by atoms with E-state index < -0.39 is 0 Å². The number of aryl methyl sites for hydroxylation is 3. The molecule has 0 radical (unpaired) electrons. The van der Waals surface area contributed by atoms with Crippen molar-refractivity contribution in [1.82, 2.24) is 10.3 Å². The molecule has 0 spiro atoms. The zero-order valence-electron chi connectivity index (χ0n) is 15.4. The minimum atomic E-state index is -0.316. The van der Waals surface area contributed by atoms with Crippen LogP contribution < -0.4 is 5.32 Å². The van der Waals surface area contributed by atoms with E-state index >= 15 is 0 Å². The third-order valence-electron chi connectivity index (χ3n) is 4.23. The number of amides is 1. The van der Waals surface area contributed by atoms with Crippen LogP contribution in [-0.4, -0.2) is 23.5 Å². The normalized spacial score (nSPS) is 10.6. The van der Waals surface area contributed by atoms with Crippen molar-refractivity contribution in [2.45, 2.75) is 47.1 Å². The maximum absolute atomic E-state index is 12.1. The number of rotatable bonds is 7. The number of nitrogens with one attached hydrogen (secondary N) is 2. The van der Waals surface area contributed by atoms with Crippen LogP contribution in [0.3, 0.4) is 0 Å². The van der Waals surface area contributed by atoms with E-state index in [1.807, 2.05) is 45.0 Å². The van der Waals surface area contributed by atoms with E-state index in [1.54, 1.807) is 6.92 Å². The second kappa shape index (κ2) is 8.51. The van der Waals surface area contributed by atoms with Gasteiger partial charge in [0.05, 0.1) is 12.2 Å². The molecule has 0 saturated carbocycles. The van der Waals surface area contributed by atoms with Gasteiger partial charge in [-0.15, -0.1) is 0 Å². The highest BCUT2D eigenvalue weighted by molar-refractivity contribution is 5.92. The second-order valence-electron chi connectivity index (χ2n) is 6.21. The van der Waals surface area contributed by atoms with Gasteiger partial charge in [0.1, 0.15) is 0 Å². The first-order valence-electron chi connectivity index (χ1n) is 8.59. The van der Waals surface area contributed by atoms with E-state index in [2.05, 4.69) is 10.3 Å². The van der Waals surface area contributed by atoms with Gasteiger partial charge >= 0.3 is 5.97 Å². The number of benzene rings is 1. The number of hydrogen-bond donors (Lipinski definition) is 2. The first kappa shape index (κ1) is 18.8. The summed E-state index contributed by atoms with van der Waals surface area (Å²) in [6.07, 6.45) is 0.931. The van der Waals surface area contributed by atoms with E-state index in [1.165, 1.54) is 5.56 Å². The number of H-pyrrole nitrogens is 1. The van der Waals surface area contributed by atoms with Gasteiger partial charge in [-0.1, -0.05) is 29.8 Å². The Morgan fingerprint density at radius 1 is 1.12 bits per heavy atom. The zero-order valence-corrected chi connectivity index (χ0v) is 15.4. The number of aromatic nitrogens is 1. The molecule has 5 heteroatoms. The maximum Gasteiger partial charge on any atom is 0.340 e. The molecular formula is C20H26N2O3. The average Bonchev–Trinajstić information content (AvgIpc) is 2.86. The van der Waals surface area contributed by atoms with E-state index in [0.29, 0.717) is 31.6 Å². The van der Waals surface area contributed by atoms with Crippen LogP contribution in [0.2, 0.25) is 0 Å². The molecule has 2 rings (SSSR count). The minimum Gasteiger partial charge on any atom is -0.462 e. The lowest BCUT2D eigenvalue weighted by Gasteiger charge is -2.06. The molecule has 0 atom stereocenters. The fraction of sp³-hybridized carbons (Fsp3) is 0.400. The van der Waals surface area contributed by atoms with Crippen LogP contribution in [0.5, 0.6) is 0 Å². The van der Waals surface area contributed by atoms with Gasteiger partial charge < -0.3 is 15.0 Å². The van der Waals surface area contributed by atoms with Gasteiger partial charge in [-0.25, -0.2) is 4.79 Å². The molecule has 1 heterocycles. The highest BCUT2D eigenvalue weighted by atomic mass is 16.5. The van der Waals surface area contributed by atoms with Crippen LogP contribution in [0, 0.1) is 20.8 Å². The predicted octanol–water partition coefficient (Wildman–Crippen LogP) is 3.37. The van der Waals surface area contributed by atoms with Crippen molar-refractivity contribution in [2.24, 2.45) is 0 Å². The molecule has 1 aromatic carbocycles. The largest absolute Gasteiger partial charge is 0.462 e. The van der Waals surface area contributed by atoms with Crippen molar-refractivity contribution in [1.29, 1.82) is 0 Å². The second-order valence-corrected chi connectivity index (χ2v) is 6.21. The molecule has 1 aromatic heterocycles. The van der Waals surface area contributed by atoms with Crippen LogP contribution in [0.25, 0.3) is 0 Å². The van der Waals surface area contributed by atoms with Crippen molar-refractivity contribution < 1.29 is 14.3 Å². The van der Waals surface area contributed by atoms with Gasteiger partial charge in [-0.05, 0) is 45.2 Å². The topological polar surface area (TPSA) is 71.2 Å². The van der Waals surface area contributed by atoms with Gasteiger partial charge in [0.2, 0.25) is 5.91 Å². The smallest absolute Gasteiger partial charge is 0.340 e. The molecule has 0 aliphatic rings. The molecule has 0 unspecified atom stereocenters. The number of carbonyl (C=O) groups is 2. The quantitative estimate of drug-likeness (QED) is 0.758. The number of esters is 1. The van der Waals surface area contributed by atoms with E-state index in [9.17, 15) is 9.59 Å². The van der Waals surface area contributed by atoms with Gasteiger partial charge in [0.15, 0.2) is 0 Å². The monoisotopic (exact) mass is 342 g/mol. The molecule has 1 amide bonds. The predicted molar refractivity (Wildman–Crippen MR) is 97.6 cm³/mol. The Kier molecular flexibility index (Phi) is 6.39. The Labute approximate surface area is 148 Å². The number of aromatic amines is 1. The first-order chi connectivity index (χ1) is 11.9. The summed E-state index contributed by atoms with van der Waals surface area (Å²) >= 11 is 0. The van der Waals surface area contributed by atoms with Crippen molar-refractivity contribution >= 4 is 11.9 Å². The van der Waals surface area contributed by atoms with Gasteiger partial charge in [0.25, 0.3) is 0 Å². The summed E-state index contributed by atoms with van der Waals surface area (Å²) in [4.78, 5) is 27.3. The van der Waals surface area contributed by atoms with Crippen LogP contribution in [0.15, 0.2) is 24.3 Å². The molecule has 25 heavy (non-hydrogen) atoms.